The fourth-order valence-electron chi connectivity index (χ4n) is 1.89. The molecule has 1 saturated heterocycles. The fraction of sp³-hybridized carbons (Fsp3) is 0.455. The number of benzene rings is 1. The summed E-state index contributed by atoms with van der Waals surface area (Å²) in [7, 11) is -3.00. The van der Waals surface area contributed by atoms with E-state index in [2.05, 4.69) is 5.32 Å². The van der Waals surface area contributed by atoms with Gasteiger partial charge in [-0.05, 0) is 12.8 Å². The highest BCUT2D eigenvalue weighted by Crippen LogP contribution is 2.22. The lowest BCUT2D eigenvalue weighted by Crippen LogP contribution is -2.32. The lowest BCUT2D eigenvalue weighted by molar-refractivity contribution is 0.494. The highest BCUT2D eigenvalue weighted by atomic mass is 32.2. The van der Waals surface area contributed by atoms with Crippen molar-refractivity contribution in [3.8, 4) is 0 Å². The molecule has 3 nitrogen and oxygen atoms in total. The number of nitrogens with one attached hydrogen (secondary N) is 1. The van der Waals surface area contributed by atoms with Gasteiger partial charge in [-0.3, -0.25) is 0 Å². The Morgan fingerprint density at radius 2 is 1.56 bits per heavy atom. The van der Waals surface area contributed by atoms with Gasteiger partial charge in [-0.25, -0.2) is 21.6 Å². The summed E-state index contributed by atoms with van der Waals surface area (Å²) in [5.41, 5.74) is -0.141. The summed E-state index contributed by atoms with van der Waals surface area (Å²) < 4.78 is 61.4. The molecule has 0 radical (unpaired) electrons. The van der Waals surface area contributed by atoms with Crippen molar-refractivity contribution in [2.75, 3.05) is 16.8 Å². The first-order chi connectivity index (χ1) is 8.37. The summed E-state index contributed by atoms with van der Waals surface area (Å²) in [6.07, 6.45) is 0.668. The largest absolute Gasteiger partial charge is 0.380 e. The van der Waals surface area contributed by atoms with E-state index in [1.54, 1.807) is 0 Å². The van der Waals surface area contributed by atoms with Crippen LogP contribution in [0.25, 0.3) is 0 Å². The third kappa shape index (κ3) is 2.95. The van der Waals surface area contributed by atoms with E-state index in [0.717, 1.165) is 6.07 Å². The Bertz CT molecular complexity index is 546. The first-order valence-corrected chi connectivity index (χ1v) is 7.31. The van der Waals surface area contributed by atoms with Gasteiger partial charge in [-0.1, -0.05) is 0 Å². The van der Waals surface area contributed by atoms with Gasteiger partial charge in [-0.2, -0.15) is 0 Å². The minimum atomic E-state index is -3.00. The molecule has 100 valence electrons. The molecular formula is C11H12F3NO2S. The number of rotatable bonds is 2. The third-order valence-corrected chi connectivity index (χ3v) is 4.64. The van der Waals surface area contributed by atoms with Crippen LogP contribution < -0.4 is 5.32 Å². The van der Waals surface area contributed by atoms with Crippen molar-refractivity contribution in [1.82, 2.24) is 0 Å². The average molecular weight is 279 g/mol. The molecule has 18 heavy (non-hydrogen) atoms. The van der Waals surface area contributed by atoms with Crippen molar-refractivity contribution in [3.63, 3.8) is 0 Å². The molecule has 7 heteroatoms. The Morgan fingerprint density at radius 1 is 1.00 bits per heavy atom. The van der Waals surface area contributed by atoms with Crippen LogP contribution in [0.2, 0.25) is 0 Å². The second-order valence-corrected chi connectivity index (χ2v) is 6.62. The molecule has 0 amide bonds. The second kappa shape index (κ2) is 4.79. The molecule has 1 aliphatic rings. The number of hydrogen-bond donors (Lipinski definition) is 1. The van der Waals surface area contributed by atoms with Crippen LogP contribution in [0.1, 0.15) is 12.8 Å². The Balaban J connectivity index is 2.09. The lowest BCUT2D eigenvalue weighted by atomic mass is 10.1. The van der Waals surface area contributed by atoms with E-state index in [0.29, 0.717) is 18.9 Å². The van der Waals surface area contributed by atoms with Crippen molar-refractivity contribution >= 4 is 15.5 Å². The Labute approximate surface area is 103 Å². The van der Waals surface area contributed by atoms with Gasteiger partial charge in [0.05, 0.1) is 17.2 Å². The second-order valence-electron chi connectivity index (χ2n) is 4.32. The molecule has 1 aromatic rings. The normalized spacial score (nSPS) is 19.7. The van der Waals surface area contributed by atoms with E-state index in [1.165, 1.54) is 0 Å². The smallest absolute Gasteiger partial charge is 0.161 e. The maximum atomic E-state index is 13.4. The summed E-state index contributed by atoms with van der Waals surface area (Å²) in [6.45, 7) is 0. The monoisotopic (exact) mass is 279 g/mol. The maximum absolute atomic E-state index is 13.4. The van der Waals surface area contributed by atoms with Crippen LogP contribution in [0.3, 0.4) is 0 Å². The first kappa shape index (κ1) is 13.2. The predicted molar refractivity (Wildman–Crippen MR) is 61.6 cm³/mol. The molecule has 1 aromatic carbocycles. The number of halogens is 3. The van der Waals surface area contributed by atoms with Crippen LogP contribution in [0.5, 0.6) is 0 Å². The molecule has 0 spiro atoms. The van der Waals surface area contributed by atoms with Crippen molar-refractivity contribution in [3.05, 3.63) is 29.6 Å². The fourth-order valence-corrected chi connectivity index (χ4v) is 3.38. The van der Waals surface area contributed by atoms with Crippen LogP contribution in [0, 0.1) is 17.5 Å². The molecule has 1 aliphatic heterocycles. The first-order valence-electron chi connectivity index (χ1n) is 5.49. The van der Waals surface area contributed by atoms with Gasteiger partial charge in [0.25, 0.3) is 0 Å². The van der Waals surface area contributed by atoms with E-state index < -0.39 is 27.3 Å². The average Bonchev–Trinajstić information content (AvgIpc) is 2.28. The zero-order chi connectivity index (χ0) is 13.3. The topological polar surface area (TPSA) is 46.2 Å². The van der Waals surface area contributed by atoms with Crippen LogP contribution in [0.4, 0.5) is 18.9 Å². The summed E-state index contributed by atoms with van der Waals surface area (Å²) >= 11 is 0. The number of sulfone groups is 1. The summed E-state index contributed by atoms with van der Waals surface area (Å²) in [5.74, 6) is -3.22. The highest BCUT2D eigenvalue weighted by molar-refractivity contribution is 7.91. The van der Waals surface area contributed by atoms with E-state index in [9.17, 15) is 21.6 Å². The quantitative estimate of drug-likeness (QED) is 0.843. The van der Waals surface area contributed by atoms with Crippen molar-refractivity contribution in [2.45, 2.75) is 18.9 Å². The minimum absolute atomic E-state index is 0.0238. The van der Waals surface area contributed by atoms with Crippen molar-refractivity contribution in [2.24, 2.45) is 0 Å². The van der Waals surface area contributed by atoms with E-state index in [4.69, 9.17) is 0 Å². The lowest BCUT2D eigenvalue weighted by Gasteiger charge is -2.24. The molecule has 0 aliphatic carbocycles. The molecule has 1 fully saturated rings. The molecule has 0 aromatic heterocycles. The van der Waals surface area contributed by atoms with Gasteiger partial charge < -0.3 is 5.32 Å². The maximum Gasteiger partial charge on any atom is 0.161 e. The van der Waals surface area contributed by atoms with Gasteiger partial charge in [0, 0.05) is 18.2 Å². The van der Waals surface area contributed by atoms with E-state index >= 15 is 0 Å². The molecule has 1 N–H and O–H groups in total. The third-order valence-electron chi connectivity index (χ3n) is 2.92. The molecule has 1 heterocycles. The molecule has 2 rings (SSSR count). The Kier molecular flexibility index (Phi) is 3.52. The molecule has 0 bridgehead atoms. The zero-order valence-corrected chi connectivity index (χ0v) is 10.2. The number of hydrogen-bond acceptors (Lipinski definition) is 3. The molecule has 0 unspecified atom stereocenters. The van der Waals surface area contributed by atoms with E-state index in [1.807, 2.05) is 0 Å². The molecular weight excluding hydrogens is 267 g/mol. The number of anilines is 1. The predicted octanol–water partition coefficient (Wildman–Crippen LogP) is 2.09. The van der Waals surface area contributed by atoms with Crippen LogP contribution in [-0.2, 0) is 9.84 Å². The summed E-state index contributed by atoms with van der Waals surface area (Å²) in [4.78, 5) is 0. The zero-order valence-electron chi connectivity index (χ0n) is 9.42. The minimum Gasteiger partial charge on any atom is -0.380 e. The van der Waals surface area contributed by atoms with Gasteiger partial charge in [0.15, 0.2) is 11.6 Å². The SMILES string of the molecule is O=S1(=O)CCC(Nc2cc(F)c(F)cc2F)CC1. The summed E-state index contributed by atoms with van der Waals surface area (Å²) in [6, 6.07) is 0.971. The van der Waals surface area contributed by atoms with Gasteiger partial charge >= 0.3 is 0 Å². The van der Waals surface area contributed by atoms with Crippen molar-refractivity contribution < 1.29 is 21.6 Å². The van der Waals surface area contributed by atoms with Crippen LogP contribution in [0.15, 0.2) is 12.1 Å². The van der Waals surface area contributed by atoms with Gasteiger partial charge in [0.2, 0.25) is 0 Å². The molecule has 0 saturated carbocycles. The highest BCUT2D eigenvalue weighted by Gasteiger charge is 2.24. The van der Waals surface area contributed by atoms with Crippen LogP contribution >= 0.6 is 0 Å². The van der Waals surface area contributed by atoms with Gasteiger partial charge in [0.1, 0.15) is 15.7 Å². The van der Waals surface area contributed by atoms with Gasteiger partial charge in [-0.15, -0.1) is 0 Å². The van der Waals surface area contributed by atoms with Crippen LogP contribution in [-0.4, -0.2) is 26.0 Å². The Morgan fingerprint density at radius 3 is 2.17 bits per heavy atom. The molecule has 0 atom stereocenters. The summed E-state index contributed by atoms with van der Waals surface area (Å²) in [5, 5.41) is 2.71. The Hall–Kier alpha value is -1.24. The van der Waals surface area contributed by atoms with E-state index in [-0.39, 0.29) is 23.2 Å². The standard InChI is InChI=1S/C11H12F3NO2S/c12-8-5-10(14)11(6-9(8)13)15-7-1-3-18(16,17)4-2-7/h5-7,15H,1-4H2. The van der Waals surface area contributed by atoms with Crippen molar-refractivity contribution in [1.29, 1.82) is 0 Å².